The van der Waals surface area contributed by atoms with Crippen LogP contribution in [0.2, 0.25) is 0 Å². The van der Waals surface area contributed by atoms with Crippen molar-refractivity contribution in [3.8, 4) is 0 Å². The zero-order valence-electron chi connectivity index (χ0n) is 11.0. The van der Waals surface area contributed by atoms with Gasteiger partial charge in [0.2, 0.25) is 0 Å². The second-order valence-electron chi connectivity index (χ2n) is 3.86. The first-order valence-corrected chi connectivity index (χ1v) is 6.07. The van der Waals surface area contributed by atoms with Crippen molar-refractivity contribution < 1.29 is 9.90 Å². The monoisotopic (exact) mass is 259 g/mol. The van der Waals surface area contributed by atoms with Gasteiger partial charge in [-0.1, -0.05) is 39.0 Å². The second-order valence-corrected chi connectivity index (χ2v) is 3.86. The summed E-state index contributed by atoms with van der Waals surface area (Å²) in [6.07, 6.45) is 7.25. The summed E-state index contributed by atoms with van der Waals surface area (Å²) >= 11 is 0. The molecule has 106 valence electrons. The molecular weight excluding hydrogens is 234 g/mol. The highest BCUT2D eigenvalue weighted by Crippen LogP contribution is 2.06. The van der Waals surface area contributed by atoms with E-state index in [2.05, 4.69) is 6.92 Å². The largest absolute Gasteiger partial charge is 0.481 e. The van der Waals surface area contributed by atoms with Crippen molar-refractivity contribution in [2.75, 3.05) is 0 Å². The van der Waals surface area contributed by atoms with Crippen LogP contribution in [0.15, 0.2) is 0 Å². The molecule has 0 bridgehead atoms. The van der Waals surface area contributed by atoms with Gasteiger partial charge in [0.25, 0.3) is 0 Å². The summed E-state index contributed by atoms with van der Waals surface area (Å²) in [4.78, 5) is 10.1. The van der Waals surface area contributed by atoms with Gasteiger partial charge in [0, 0.05) is 6.42 Å². The lowest BCUT2D eigenvalue weighted by Gasteiger charge is -1.97. The molecule has 0 radical (unpaired) electrons. The number of hydrogen-bond acceptors (Lipinski definition) is 3. The Morgan fingerprint density at radius 3 is 1.83 bits per heavy atom. The number of rotatable bonds is 7. The van der Waals surface area contributed by atoms with E-state index in [-0.39, 0.29) is 11.9 Å². The number of hydrogen-bond donors (Lipinski definition) is 6. The van der Waals surface area contributed by atoms with Gasteiger partial charge < -0.3 is 16.6 Å². The molecule has 0 aliphatic heterocycles. The Labute approximate surface area is 108 Å². The number of nitrogens with two attached hydrogens (primary N) is 2. The Hall–Kier alpha value is -1.79. The first-order chi connectivity index (χ1) is 8.40. The molecule has 7 heteroatoms. The van der Waals surface area contributed by atoms with Crippen molar-refractivity contribution >= 4 is 17.9 Å². The van der Waals surface area contributed by atoms with Crippen molar-refractivity contribution in [1.29, 1.82) is 10.8 Å². The zero-order chi connectivity index (χ0) is 14.4. The van der Waals surface area contributed by atoms with E-state index in [4.69, 9.17) is 27.4 Å². The topological polar surface area (TPSA) is 149 Å². The van der Waals surface area contributed by atoms with Gasteiger partial charge in [-0.3, -0.25) is 20.9 Å². The molecule has 7 nitrogen and oxygen atoms in total. The van der Waals surface area contributed by atoms with Crippen LogP contribution in [0.5, 0.6) is 0 Å². The molecule has 0 fully saturated rings. The molecule has 0 aliphatic rings. The van der Waals surface area contributed by atoms with E-state index >= 15 is 0 Å². The lowest BCUT2D eigenvalue weighted by Crippen LogP contribution is -2.39. The van der Waals surface area contributed by atoms with Crippen LogP contribution in [-0.2, 0) is 4.79 Å². The number of aliphatic carboxylic acids is 1. The summed E-state index contributed by atoms with van der Waals surface area (Å²) in [7, 11) is 0. The van der Waals surface area contributed by atoms with Gasteiger partial charge in [-0.25, -0.2) is 0 Å². The summed E-state index contributed by atoms with van der Waals surface area (Å²) in [5.74, 6) is -1.29. The first-order valence-electron chi connectivity index (χ1n) is 6.07. The SMILES string of the molecule is CCCCCCCCC(=O)O.N=C(N)NC(=N)N. The fourth-order valence-electron chi connectivity index (χ4n) is 1.20. The molecule has 0 aromatic carbocycles. The zero-order valence-corrected chi connectivity index (χ0v) is 11.0. The van der Waals surface area contributed by atoms with Gasteiger partial charge in [0.1, 0.15) is 0 Å². The molecule has 18 heavy (non-hydrogen) atoms. The standard InChI is InChI=1S/C9H18O2.C2H7N5/c1-2-3-4-5-6-7-8-9(10)11;3-1(4)7-2(5)6/h2-8H2,1H3,(H,10,11);(H7,3,4,5,6,7). The smallest absolute Gasteiger partial charge is 0.303 e. The molecule has 0 amide bonds. The number of carboxylic acids is 1. The molecule has 0 spiro atoms. The van der Waals surface area contributed by atoms with E-state index in [1.165, 1.54) is 25.7 Å². The number of nitrogens with one attached hydrogen (secondary N) is 3. The summed E-state index contributed by atoms with van der Waals surface area (Å²) in [5.41, 5.74) is 9.49. The average Bonchev–Trinajstić information content (AvgIpc) is 2.21. The molecule has 0 saturated carbocycles. The number of carbonyl (C=O) groups is 1. The van der Waals surface area contributed by atoms with Crippen molar-refractivity contribution in [1.82, 2.24) is 5.32 Å². The summed E-state index contributed by atoms with van der Waals surface area (Å²) in [5, 5.41) is 23.3. The Morgan fingerprint density at radius 1 is 1.06 bits per heavy atom. The highest BCUT2D eigenvalue weighted by molar-refractivity contribution is 5.93. The van der Waals surface area contributed by atoms with Gasteiger partial charge in [0.05, 0.1) is 0 Å². The third-order valence-corrected chi connectivity index (χ3v) is 2.01. The molecule has 0 saturated heterocycles. The van der Waals surface area contributed by atoms with E-state index in [9.17, 15) is 4.79 Å². The van der Waals surface area contributed by atoms with Crippen LogP contribution in [0.1, 0.15) is 51.9 Å². The molecular formula is C11H25N5O2. The minimum atomic E-state index is -0.666. The molecule has 0 unspecified atom stereocenters. The quantitative estimate of drug-likeness (QED) is 0.230. The van der Waals surface area contributed by atoms with Gasteiger partial charge in [0.15, 0.2) is 11.9 Å². The minimum absolute atomic E-state index is 0.312. The number of carboxylic acid groups (broad SMARTS) is 1. The maximum atomic E-state index is 10.1. The maximum Gasteiger partial charge on any atom is 0.303 e. The van der Waals surface area contributed by atoms with Crippen LogP contribution in [0.25, 0.3) is 0 Å². The third-order valence-electron chi connectivity index (χ3n) is 2.01. The Bertz CT molecular complexity index is 244. The predicted molar refractivity (Wildman–Crippen MR) is 72.6 cm³/mol. The van der Waals surface area contributed by atoms with E-state index in [1.54, 1.807) is 0 Å². The summed E-state index contributed by atoms with van der Waals surface area (Å²) in [6, 6.07) is 0. The van der Waals surface area contributed by atoms with Crippen LogP contribution in [0.4, 0.5) is 0 Å². The Kier molecular flexibility index (Phi) is 13.7. The average molecular weight is 259 g/mol. The summed E-state index contributed by atoms with van der Waals surface area (Å²) < 4.78 is 0. The van der Waals surface area contributed by atoms with Crippen LogP contribution < -0.4 is 16.8 Å². The van der Waals surface area contributed by atoms with Crippen molar-refractivity contribution in [3.63, 3.8) is 0 Å². The van der Waals surface area contributed by atoms with Gasteiger partial charge >= 0.3 is 5.97 Å². The highest BCUT2D eigenvalue weighted by atomic mass is 16.4. The maximum absolute atomic E-state index is 10.1. The molecule has 8 N–H and O–H groups in total. The fraction of sp³-hybridized carbons (Fsp3) is 0.727. The van der Waals surface area contributed by atoms with Crippen molar-refractivity contribution in [3.05, 3.63) is 0 Å². The predicted octanol–water partition coefficient (Wildman–Crippen LogP) is 1.18. The van der Waals surface area contributed by atoms with Gasteiger partial charge in [-0.2, -0.15) is 0 Å². The first kappa shape index (κ1) is 18.6. The number of guanidine groups is 2. The molecule has 0 heterocycles. The van der Waals surface area contributed by atoms with E-state index < -0.39 is 5.97 Å². The van der Waals surface area contributed by atoms with Crippen molar-refractivity contribution in [2.24, 2.45) is 11.5 Å². The Morgan fingerprint density at radius 2 is 1.50 bits per heavy atom. The fourth-order valence-corrected chi connectivity index (χ4v) is 1.20. The Balaban J connectivity index is 0. The van der Waals surface area contributed by atoms with Gasteiger partial charge in [-0.15, -0.1) is 0 Å². The van der Waals surface area contributed by atoms with E-state index in [1.807, 2.05) is 5.32 Å². The minimum Gasteiger partial charge on any atom is -0.481 e. The normalized spacial score (nSPS) is 8.94. The molecule has 0 rings (SSSR count). The lowest BCUT2D eigenvalue weighted by atomic mass is 10.1. The van der Waals surface area contributed by atoms with E-state index in [0.717, 1.165) is 12.8 Å². The highest BCUT2D eigenvalue weighted by Gasteiger charge is 1.95. The molecule has 0 aromatic rings. The van der Waals surface area contributed by atoms with Crippen LogP contribution in [0.3, 0.4) is 0 Å². The molecule has 0 aliphatic carbocycles. The lowest BCUT2D eigenvalue weighted by molar-refractivity contribution is -0.137. The molecule has 0 atom stereocenters. The van der Waals surface area contributed by atoms with Gasteiger partial charge in [-0.05, 0) is 6.42 Å². The van der Waals surface area contributed by atoms with Crippen LogP contribution in [0, 0.1) is 10.8 Å². The van der Waals surface area contributed by atoms with Crippen molar-refractivity contribution in [2.45, 2.75) is 51.9 Å². The third kappa shape index (κ3) is 23.8. The summed E-state index contributed by atoms with van der Waals surface area (Å²) in [6.45, 7) is 2.18. The number of unbranched alkanes of at least 4 members (excludes halogenated alkanes) is 5. The van der Waals surface area contributed by atoms with E-state index in [0.29, 0.717) is 6.42 Å². The second kappa shape index (κ2) is 13.3. The van der Waals surface area contributed by atoms with Crippen LogP contribution >= 0.6 is 0 Å². The molecule has 0 aromatic heterocycles. The van der Waals surface area contributed by atoms with Crippen LogP contribution in [-0.4, -0.2) is 23.0 Å².